The van der Waals surface area contributed by atoms with Gasteiger partial charge in [-0.25, -0.2) is 0 Å². The van der Waals surface area contributed by atoms with Crippen molar-refractivity contribution in [1.82, 2.24) is 10.3 Å². The molecule has 1 aromatic carbocycles. The van der Waals surface area contributed by atoms with Gasteiger partial charge in [-0.15, -0.1) is 0 Å². The van der Waals surface area contributed by atoms with Crippen molar-refractivity contribution in [2.24, 2.45) is 5.92 Å². The summed E-state index contributed by atoms with van der Waals surface area (Å²) in [4.78, 5) is 4.40. The Labute approximate surface area is 126 Å². The molecule has 1 N–H and O–H groups in total. The molecule has 1 aliphatic rings. The highest BCUT2D eigenvalue weighted by molar-refractivity contribution is 5.79. The Morgan fingerprint density at radius 2 is 2.14 bits per heavy atom. The lowest BCUT2D eigenvalue weighted by molar-refractivity contribution is 0.0190. The first-order valence-electron chi connectivity index (χ1n) is 8.03. The van der Waals surface area contributed by atoms with E-state index >= 15 is 0 Å². The van der Waals surface area contributed by atoms with Crippen LogP contribution in [0.25, 0.3) is 10.9 Å². The molecule has 1 fully saturated rings. The van der Waals surface area contributed by atoms with E-state index in [0.29, 0.717) is 5.92 Å². The van der Waals surface area contributed by atoms with Gasteiger partial charge in [-0.05, 0) is 56.0 Å². The first kappa shape index (κ1) is 14.5. The van der Waals surface area contributed by atoms with Crippen molar-refractivity contribution in [3.63, 3.8) is 0 Å². The predicted molar refractivity (Wildman–Crippen MR) is 86.3 cm³/mol. The number of fused-ring (bicyclic) bond motifs is 1. The molecular formula is C18H24N2O. The molecule has 1 aliphatic carbocycles. The fourth-order valence-corrected chi connectivity index (χ4v) is 3.05. The van der Waals surface area contributed by atoms with Gasteiger partial charge in [-0.3, -0.25) is 4.98 Å². The molecular weight excluding hydrogens is 260 g/mol. The van der Waals surface area contributed by atoms with Crippen LogP contribution in [0.4, 0.5) is 0 Å². The normalized spacial score (nSPS) is 17.8. The summed E-state index contributed by atoms with van der Waals surface area (Å²) in [5.41, 5.74) is 2.36. The first-order chi connectivity index (χ1) is 10.3. The van der Waals surface area contributed by atoms with Crippen LogP contribution < -0.4 is 5.32 Å². The van der Waals surface area contributed by atoms with Gasteiger partial charge >= 0.3 is 0 Å². The lowest BCUT2D eigenvalue weighted by Crippen LogP contribution is -2.35. The number of rotatable bonds is 7. The van der Waals surface area contributed by atoms with Gasteiger partial charge in [0.05, 0.1) is 17.7 Å². The summed E-state index contributed by atoms with van der Waals surface area (Å²) in [6, 6.07) is 11.0. The van der Waals surface area contributed by atoms with Gasteiger partial charge in [0.15, 0.2) is 0 Å². The third kappa shape index (κ3) is 3.25. The van der Waals surface area contributed by atoms with Gasteiger partial charge < -0.3 is 10.1 Å². The van der Waals surface area contributed by atoms with Crippen LogP contribution in [-0.4, -0.2) is 24.2 Å². The van der Waals surface area contributed by atoms with Gasteiger partial charge in [0.1, 0.15) is 0 Å². The highest BCUT2D eigenvalue weighted by Crippen LogP contribution is 2.40. The Balaban J connectivity index is 1.93. The predicted octanol–water partition coefficient (Wildman–Crippen LogP) is 3.70. The summed E-state index contributed by atoms with van der Waals surface area (Å²) in [6.07, 6.45) is 4.71. The number of aromatic nitrogens is 1. The Bertz CT molecular complexity index is 595. The van der Waals surface area contributed by atoms with Crippen molar-refractivity contribution in [1.29, 1.82) is 0 Å². The maximum absolute atomic E-state index is 6.07. The average molecular weight is 284 g/mol. The van der Waals surface area contributed by atoms with E-state index < -0.39 is 0 Å². The molecule has 0 aliphatic heterocycles. The molecule has 1 aromatic heterocycles. The van der Waals surface area contributed by atoms with Gasteiger partial charge in [0, 0.05) is 18.2 Å². The van der Waals surface area contributed by atoms with E-state index in [1.54, 1.807) is 0 Å². The minimum Gasteiger partial charge on any atom is -0.376 e. The van der Waals surface area contributed by atoms with E-state index in [1.807, 2.05) is 12.3 Å². The number of pyridine rings is 1. The maximum Gasteiger partial charge on any atom is 0.0797 e. The zero-order chi connectivity index (χ0) is 14.7. The van der Waals surface area contributed by atoms with Crippen LogP contribution in [0, 0.1) is 5.92 Å². The van der Waals surface area contributed by atoms with Crippen LogP contribution >= 0.6 is 0 Å². The molecule has 3 nitrogen and oxygen atoms in total. The molecule has 3 heteroatoms. The summed E-state index contributed by atoms with van der Waals surface area (Å²) in [5.74, 6) is 0.707. The monoisotopic (exact) mass is 284 g/mol. The third-order valence-electron chi connectivity index (χ3n) is 4.18. The molecule has 0 spiro atoms. The van der Waals surface area contributed by atoms with Crippen molar-refractivity contribution in [3.8, 4) is 0 Å². The fraction of sp³-hybridized carbons (Fsp3) is 0.500. The number of ether oxygens (including phenoxy) is 1. The number of nitrogens with zero attached hydrogens (tertiary/aromatic N) is 1. The molecule has 0 radical (unpaired) electrons. The van der Waals surface area contributed by atoms with Crippen LogP contribution in [0.15, 0.2) is 36.5 Å². The quantitative estimate of drug-likeness (QED) is 0.842. The van der Waals surface area contributed by atoms with Gasteiger partial charge in [0.2, 0.25) is 0 Å². The van der Waals surface area contributed by atoms with E-state index in [-0.39, 0.29) is 12.1 Å². The molecule has 21 heavy (non-hydrogen) atoms. The van der Waals surface area contributed by atoms with Crippen LogP contribution in [0.5, 0.6) is 0 Å². The number of hydrogen-bond donors (Lipinski definition) is 1. The highest BCUT2D eigenvalue weighted by atomic mass is 16.5. The third-order valence-corrected chi connectivity index (χ3v) is 4.18. The van der Waals surface area contributed by atoms with Crippen LogP contribution in [0.1, 0.15) is 38.3 Å². The number of hydrogen-bond acceptors (Lipinski definition) is 3. The van der Waals surface area contributed by atoms with Gasteiger partial charge in [0.25, 0.3) is 0 Å². The maximum atomic E-state index is 6.07. The molecule has 2 unspecified atom stereocenters. The zero-order valence-corrected chi connectivity index (χ0v) is 12.9. The number of nitrogens with one attached hydrogen (secondary N) is 1. The van der Waals surface area contributed by atoms with Crippen molar-refractivity contribution in [2.75, 3.05) is 13.2 Å². The number of benzene rings is 1. The largest absolute Gasteiger partial charge is 0.376 e. The Morgan fingerprint density at radius 1 is 1.29 bits per heavy atom. The Hall–Kier alpha value is -1.45. The van der Waals surface area contributed by atoms with E-state index in [2.05, 4.69) is 48.4 Å². The fourth-order valence-electron chi connectivity index (χ4n) is 3.05. The lowest BCUT2D eigenvalue weighted by atomic mass is 9.96. The van der Waals surface area contributed by atoms with E-state index in [1.165, 1.54) is 23.8 Å². The summed E-state index contributed by atoms with van der Waals surface area (Å²) in [6.45, 7) is 5.97. The SMILES string of the molecule is CCNC(c1ccc2ncccc2c1)C(OCC)C1CC1. The molecule has 1 heterocycles. The molecule has 2 atom stereocenters. The highest BCUT2D eigenvalue weighted by Gasteiger charge is 2.37. The minimum atomic E-state index is 0.270. The summed E-state index contributed by atoms with van der Waals surface area (Å²) in [7, 11) is 0. The molecule has 112 valence electrons. The second-order valence-corrected chi connectivity index (χ2v) is 5.75. The average Bonchev–Trinajstić information content (AvgIpc) is 3.35. The van der Waals surface area contributed by atoms with Crippen molar-refractivity contribution in [2.45, 2.75) is 38.8 Å². The molecule has 0 bridgehead atoms. The molecule has 2 aromatic rings. The molecule has 0 amide bonds. The molecule has 0 saturated heterocycles. The lowest BCUT2D eigenvalue weighted by Gasteiger charge is -2.28. The standard InChI is InChI=1S/C18H24N2O/c1-3-19-17(18(21-4-2)13-7-8-13)15-9-10-16-14(12-15)6-5-11-20-16/h5-6,9-13,17-19H,3-4,7-8H2,1-2H3. The van der Waals surface area contributed by atoms with Gasteiger partial charge in [-0.2, -0.15) is 0 Å². The van der Waals surface area contributed by atoms with E-state index in [9.17, 15) is 0 Å². The smallest absolute Gasteiger partial charge is 0.0797 e. The summed E-state index contributed by atoms with van der Waals surface area (Å²) >= 11 is 0. The second kappa shape index (κ2) is 6.54. The van der Waals surface area contributed by atoms with Crippen molar-refractivity contribution >= 4 is 10.9 Å². The topological polar surface area (TPSA) is 34.2 Å². The zero-order valence-electron chi connectivity index (χ0n) is 12.9. The van der Waals surface area contributed by atoms with E-state index in [0.717, 1.165) is 18.7 Å². The minimum absolute atomic E-state index is 0.270. The van der Waals surface area contributed by atoms with Crippen LogP contribution in [0.2, 0.25) is 0 Å². The van der Waals surface area contributed by atoms with Crippen LogP contribution in [-0.2, 0) is 4.74 Å². The van der Waals surface area contributed by atoms with Crippen molar-refractivity contribution < 1.29 is 4.74 Å². The molecule has 3 rings (SSSR count). The Morgan fingerprint density at radius 3 is 2.86 bits per heavy atom. The second-order valence-electron chi connectivity index (χ2n) is 5.75. The Kier molecular flexibility index (Phi) is 4.51. The first-order valence-corrected chi connectivity index (χ1v) is 8.03. The van der Waals surface area contributed by atoms with E-state index in [4.69, 9.17) is 4.74 Å². The summed E-state index contributed by atoms with van der Waals surface area (Å²) < 4.78 is 6.07. The van der Waals surface area contributed by atoms with Crippen LogP contribution in [0.3, 0.4) is 0 Å². The van der Waals surface area contributed by atoms with Crippen molar-refractivity contribution in [3.05, 3.63) is 42.1 Å². The number of likely N-dealkylation sites (N-methyl/N-ethyl adjacent to an activating group) is 1. The summed E-state index contributed by atoms with van der Waals surface area (Å²) in [5, 5.41) is 4.82. The van der Waals surface area contributed by atoms with Gasteiger partial charge in [-0.1, -0.05) is 19.1 Å². The molecule has 1 saturated carbocycles.